The zero-order chi connectivity index (χ0) is 11.6. The number of rotatable bonds is 3. The first-order valence-corrected chi connectivity index (χ1v) is 6.88. The van der Waals surface area contributed by atoms with Crippen molar-refractivity contribution in [1.82, 2.24) is 0 Å². The van der Waals surface area contributed by atoms with Gasteiger partial charge in [0.05, 0.1) is 5.41 Å². The molecule has 0 atom stereocenters. The van der Waals surface area contributed by atoms with Gasteiger partial charge in [-0.1, -0.05) is 26.2 Å². The van der Waals surface area contributed by atoms with Gasteiger partial charge in [0.15, 0.2) is 0 Å². The summed E-state index contributed by atoms with van der Waals surface area (Å²) in [6.45, 7) is 2.12. The third kappa shape index (κ3) is 1.88. The average Bonchev–Trinajstić information content (AvgIpc) is 2.78. The van der Waals surface area contributed by atoms with E-state index < -0.39 is 11.4 Å². The molecular weight excluding hydrogens is 220 g/mol. The highest BCUT2D eigenvalue weighted by molar-refractivity contribution is 7.10. The predicted molar refractivity (Wildman–Crippen MR) is 66.1 cm³/mol. The van der Waals surface area contributed by atoms with Crippen molar-refractivity contribution >= 4 is 17.3 Å². The predicted octanol–water partition coefficient (Wildman–Crippen LogP) is 3.60. The van der Waals surface area contributed by atoms with Gasteiger partial charge in [0, 0.05) is 4.88 Å². The monoisotopic (exact) mass is 238 g/mol. The molecule has 1 heterocycles. The van der Waals surface area contributed by atoms with Gasteiger partial charge < -0.3 is 5.11 Å². The van der Waals surface area contributed by atoms with E-state index in [1.54, 1.807) is 11.3 Å². The molecule has 1 fully saturated rings. The molecular formula is C13H18O2S. The molecule has 88 valence electrons. The number of aryl methyl sites for hydroxylation is 1. The lowest BCUT2D eigenvalue weighted by atomic mass is 9.70. The lowest BCUT2D eigenvalue weighted by molar-refractivity contribution is -0.145. The van der Waals surface area contributed by atoms with E-state index in [9.17, 15) is 9.90 Å². The first-order chi connectivity index (χ1) is 7.69. The summed E-state index contributed by atoms with van der Waals surface area (Å²) >= 11 is 1.70. The minimum Gasteiger partial charge on any atom is -0.481 e. The van der Waals surface area contributed by atoms with Gasteiger partial charge in [0.2, 0.25) is 0 Å². The summed E-state index contributed by atoms with van der Waals surface area (Å²) in [6, 6.07) is 2.10. The van der Waals surface area contributed by atoms with Gasteiger partial charge in [-0.3, -0.25) is 4.79 Å². The summed E-state index contributed by atoms with van der Waals surface area (Å²) in [6.07, 6.45) is 5.89. The Morgan fingerprint density at radius 1 is 1.44 bits per heavy atom. The Morgan fingerprint density at radius 3 is 2.62 bits per heavy atom. The molecule has 1 aliphatic rings. The molecule has 2 nitrogen and oxygen atoms in total. The van der Waals surface area contributed by atoms with Crippen molar-refractivity contribution in [3.63, 3.8) is 0 Å². The molecule has 0 radical (unpaired) electrons. The van der Waals surface area contributed by atoms with Crippen LogP contribution in [0.5, 0.6) is 0 Å². The number of carboxylic acids is 1. The van der Waals surface area contributed by atoms with Crippen LogP contribution < -0.4 is 0 Å². The van der Waals surface area contributed by atoms with E-state index >= 15 is 0 Å². The summed E-state index contributed by atoms with van der Waals surface area (Å²) < 4.78 is 0. The van der Waals surface area contributed by atoms with E-state index in [4.69, 9.17) is 0 Å². The molecule has 0 amide bonds. The smallest absolute Gasteiger partial charge is 0.314 e. The number of thiophene rings is 1. The second-order valence-corrected chi connectivity index (χ2v) is 5.60. The minimum absolute atomic E-state index is 0.581. The molecule has 16 heavy (non-hydrogen) atoms. The van der Waals surface area contributed by atoms with Crippen molar-refractivity contribution in [2.75, 3.05) is 0 Å². The maximum Gasteiger partial charge on any atom is 0.314 e. The number of aliphatic carboxylic acids is 1. The van der Waals surface area contributed by atoms with Crippen LogP contribution in [0.2, 0.25) is 0 Å². The molecule has 0 saturated heterocycles. The van der Waals surface area contributed by atoms with Crippen molar-refractivity contribution < 1.29 is 9.90 Å². The van der Waals surface area contributed by atoms with Gasteiger partial charge in [0.1, 0.15) is 0 Å². The molecule has 0 unspecified atom stereocenters. The van der Waals surface area contributed by atoms with Crippen LogP contribution in [0.3, 0.4) is 0 Å². The molecule has 1 aromatic rings. The topological polar surface area (TPSA) is 37.3 Å². The number of hydrogen-bond acceptors (Lipinski definition) is 2. The Morgan fingerprint density at radius 2 is 2.12 bits per heavy atom. The SMILES string of the molecule is CCc1cc(C2(C(=O)O)CCCCC2)cs1. The molecule has 0 spiro atoms. The average molecular weight is 238 g/mol. The Bertz CT molecular complexity index is 375. The van der Waals surface area contributed by atoms with Crippen LogP contribution in [0.15, 0.2) is 11.4 Å². The molecule has 1 aliphatic carbocycles. The summed E-state index contributed by atoms with van der Waals surface area (Å²) in [5, 5.41) is 11.6. The molecule has 1 N–H and O–H groups in total. The second kappa shape index (κ2) is 4.58. The van der Waals surface area contributed by atoms with E-state index in [0.717, 1.165) is 37.7 Å². The largest absolute Gasteiger partial charge is 0.481 e. The minimum atomic E-state index is -0.632. The van der Waals surface area contributed by atoms with E-state index in [1.807, 2.05) is 0 Å². The summed E-state index contributed by atoms with van der Waals surface area (Å²) in [5.41, 5.74) is 0.462. The quantitative estimate of drug-likeness (QED) is 0.873. The number of carbonyl (C=O) groups is 1. The van der Waals surface area contributed by atoms with E-state index in [1.165, 1.54) is 11.3 Å². The molecule has 1 aromatic heterocycles. The maximum absolute atomic E-state index is 11.6. The van der Waals surface area contributed by atoms with Crippen LogP contribution in [-0.4, -0.2) is 11.1 Å². The first-order valence-electron chi connectivity index (χ1n) is 6.00. The highest BCUT2D eigenvalue weighted by Gasteiger charge is 2.41. The standard InChI is InChI=1S/C13H18O2S/c1-2-11-8-10(9-16-11)13(12(14)15)6-4-3-5-7-13/h8-9H,2-7H2,1H3,(H,14,15). The Labute approximate surface area is 100 Å². The zero-order valence-corrected chi connectivity index (χ0v) is 10.5. The Hall–Kier alpha value is -0.830. The number of carboxylic acid groups (broad SMARTS) is 1. The molecule has 0 aromatic carbocycles. The van der Waals surface area contributed by atoms with E-state index in [0.29, 0.717) is 0 Å². The normalized spacial score (nSPS) is 19.6. The highest BCUT2D eigenvalue weighted by Crippen LogP contribution is 2.41. The lowest BCUT2D eigenvalue weighted by Gasteiger charge is -2.32. The number of hydrogen-bond donors (Lipinski definition) is 1. The zero-order valence-electron chi connectivity index (χ0n) is 9.66. The van der Waals surface area contributed by atoms with Crippen LogP contribution in [-0.2, 0) is 16.6 Å². The van der Waals surface area contributed by atoms with E-state index in [2.05, 4.69) is 18.4 Å². The lowest BCUT2D eigenvalue weighted by Crippen LogP contribution is -2.37. The summed E-state index contributed by atoms with van der Waals surface area (Å²) in [5.74, 6) is -0.632. The fourth-order valence-electron chi connectivity index (χ4n) is 2.60. The van der Waals surface area contributed by atoms with Crippen LogP contribution in [0.4, 0.5) is 0 Å². The van der Waals surface area contributed by atoms with Gasteiger partial charge in [0.25, 0.3) is 0 Å². The van der Waals surface area contributed by atoms with Crippen LogP contribution in [0, 0.1) is 0 Å². The molecule has 3 heteroatoms. The molecule has 0 bridgehead atoms. The second-order valence-electron chi connectivity index (χ2n) is 4.60. The molecule has 0 aliphatic heterocycles. The van der Waals surface area contributed by atoms with Gasteiger partial charge in [-0.2, -0.15) is 0 Å². The maximum atomic E-state index is 11.6. The Balaban J connectivity index is 2.34. The summed E-state index contributed by atoms with van der Waals surface area (Å²) in [4.78, 5) is 12.9. The van der Waals surface area contributed by atoms with Crippen LogP contribution >= 0.6 is 11.3 Å². The molecule has 1 saturated carbocycles. The van der Waals surface area contributed by atoms with Crippen LogP contribution in [0.25, 0.3) is 0 Å². The van der Waals surface area contributed by atoms with Gasteiger partial charge in [-0.05, 0) is 36.3 Å². The van der Waals surface area contributed by atoms with Crippen molar-refractivity contribution in [2.24, 2.45) is 0 Å². The first kappa shape index (κ1) is 11.6. The van der Waals surface area contributed by atoms with Gasteiger partial charge >= 0.3 is 5.97 Å². The van der Waals surface area contributed by atoms with Crippen molar-refractivity contribution in [3.8, 4) is 0 Å². The van der Waals surface area contributed by atoms with Crippen molar-refractivity contribution in [1.29, 1.82) is 0 Å². The van der Waals surface area contributed by atoms with Gasteiger partial charge in [-0.25, -0.2) is 0 Å². The third-order valence-corrected chi connectivity index (χ3v) is 4.75. The van der Waals surface area contributed by atoms with Gasteiger partial charge in [-0.15, -0.1) is 11.3 Å². The molecule has 2 rings (SSSR count). The third-order valence-electron chi connectivity index (χ3n) is 3.67. The summed E-state index contributed by atoms with van der Waals surface area (Å²) in [7, 11) is 0. The fraction of sp³-hybridized carbons (Fsp3) is 0.615. The Kier molecular flexibility index (Phi) is 3.33. The van der Waals surface area contributed by atoms with Crippen molar-refractivity contribution in [3.05, 3.63) is 21.9 Å². The van der Waals surface area contributed by atoms with Crippen LogP contribution in [0.1, 0.15) is 49.5 Å². The highest BCUT2D eigenvalue weighted by atomic mass is 32.1. The van der Waals surface area contributed by atoms with E-state index in [-0.39, 0.29) is 0 Å². The fourth-order valence-corrected chi connectivity index (χ4v) is 3.53. The van der Waals surface area contributed by atoms with Crippen molar-refractivity contribution in [2.45, 2.75) is 50.9 Å².